The van der Waals surface area contributed by atoms with Crippen LogP contribution in [0.5, 0.6) is 5.75 Å². The summed E-state index contributed by atoms with van der Waals surface area (Å²) in [5, 5.41) is 0. The van der Waals surface area contributed by atoms with Crippen molar-refractivity contribution in [3.63, 3.8) is 0 Å². The number of halogens is 3. The Hall–Kier alpha value is -2.26. The first kappa shape index (κ1) is 17.6. The van der Waals surface area contributed by atoms with Crippen LogP contribution in [-0.4, -0.2) is 27.4 Å². The van der Waals surface area contributed by atoms with Crippen LogP contribution >= 0.6 is 0 Å². The third kappa shape index (κ3) is 3.57. The molecule has 0 aliphatic carbocycles. The van der Waals surface area contributed by atoms with Crippen LogP contribution in [0.2, 0.25) is 0 Å². The van der Waals surface area contributed by atoms with Gasteiger partial charge in [-0.25, -0.2) is 8.42 Å². The lowest BCUT2D eigenvalue weighted by Gasteiger charge is -2.34. The van der Waals surface area contributed by atoms with Gasteiger partial charge in [0, 0.05) is 12.6 Å². The zero-order valence-corrected chi connectivity index (χ0v) is 13.7. The summed E-state index contributed by atoms with van der Waals surface area (Å²) >= 11 is 0. The van der Waals surface area contributed by atoms with Crippen LogP contribution in [-0.2, 0) is 16.4 Å². The third-order valence-corrected chi connectivity index (χ3v) is 5.60. The van der Waals surface area contributed by atoms with Crippen LogP contribution in [0.4, 0.5) is 18.9 Å². The quantitative estimate of drug-likeness (QED) is 0.899. The Kier molecular flexibility index (Phi) is 4.38. The molecule has 9 heteroatoms. The summed E-state index contributed by atoms with van der Waals surface area (Å²) in [4.78, 5) is -0.559. The number of ether oxygens (including phenoxy) is 1. The molecule has 2 aromatic carbocycles. The first-order valence-electron chi connectivity index (χ1n) is 7.39. The van der Waals surface area contributed by atoms with Crippen LogP contribution in [0.3, 0.4) is 0 Å². The number of benzene rings is 2. The number of alkyl halides is 3. The first-order chi connectivity index (χ1) is 11.7. The van der Waals surface area contributed by atoms with E-state index in [1.54, 1.807) is 24.3 Å². The van der Waals surface area contributed by atoms with E-state index in [0.717, 1.165) is 22.0 Å². The maximum atomic E-state index is 13.0. The minimum Gasteiger partial charge on any atom is -0.404 e. The van der Waals surface area contributed by atoms with Gasteiger partial charge in [0.2, 0.25) is 0 Å². The van der Waals surface area contributed by atoms with Crippen molar-refractivity contribution in [2.24, 2.45) is 5.73 Å². The van der Waals surface area contributed by atoms with Crippen molar-refractivity contribution in [1.82, 2.24) is 0 Å². The molecule has 134 valence electrons. The molecule has 0 fully saturated rings. The molecule has 25 heavy (non-hydrogen) atoms. The number of anilines is 1. The molecule has 1 aliphatic heterocycles. The van der Waals surface area contributed by atoms with Gasteiger partial charge in [0.05, 0.1) is 5.69 Å². The van der Waals surface area contributed by atoms with Crippen LogP contribution < -0.4 is 14.8 Å². The topological polar surface area (TPSA) is 72.6 Å². The standard InChI is InChI=1S/C16H15F3N2O3S/c17-16(18,19)24-14-7-3-4-8-15(14)25(22,23)21-10-12(20)9-11-5-1-2-6-13(11)21/h1-8,12H,9-10,20H2. The molecule has 2 aromatic rings. The number of fused-ring (bicyclic) bond motifs is 1. The molecular weight excluding hydrogens is 357 g/mol. The van der Waals surface area contributed by atoms with Crippen LogP contribution in [0, 0.1) is 0 Å². The summed E-state index contributed by atoms with van der Waals surface area (Å²) in [6.45, 7) is -0.0281. The molecule has 1 atom stereocenters. The lowest BCUT2D eigenvalue weighted by Crippen LogP contribution is -2.46. The average molecular weight is 372 g/mol. The molecule has 0 saturated carbocycles. The minimum atomic E-state index is -5.00. The largest absolute Gasteiger partial charge is 0.573 e. The van der Waals surface area contributed by atoms with Crippen molar-refractivity contribution in [2.45, 2.75) is 23.7 Å². The molecule has 0 saturated heterocycles. The second-order valence-electron chi connectivity index (χ2n) is 5.62. The predicted octanol–water partition coefficient (Wildman–Crippen LogP) is 2.66. The van der Waals surface area contributed by atoms with E-state index in [4.69, 9.17) is 5.73 Å². The van der Waals surface area contributed by atoms with Gasteiger partial charge in [-0.3, -0.25) is 4.31 Å². The van der Waals surface area contributed by atoms with Crippen molar-refractivity contribution in [3.05, 3.63) is 54.1 Å². The fourth-order valence-electron chi connectivity index (χ4n) is 2.80. The number of para-hydroxylation sites is 2. The van der Waals surface area contributed by atoms with E-state index < -0.39 is 33.1 Å². The predicted molar refractivity (Wildman–Crippen MR) is 85.8 cm³/mol. The summed E-state index contributed by atoms with van der Waals surface area (Å²) < 4.78 is 68.8. The summed E-state index contributed by atoms with van der Waals surface area (Å²) in [6, 6.07) is 11.0. The highest BCUT2D eigenvalue weighted by molar-refractivity contribution is 7.93. The summed E-state index contributed by atoms with van der Waals surface area (Å²) in [5.74, 6) is -0.772. The summed E-state index contributed by atoms with van der Waals surface area (Å²) in [5.41, 5.74) is 7.07. The molecule has 1 heterocycles. The molecule has 0 radical (unpaired) electrons. The van der Waals surface area contributed by atoms with Crippen molar-refractivity contribution in [1.29, 1.82) is 0 Å². The van der Waals surface area contributed by atoms with Gasteiger partial charge in [0.15, 0.2) is 0 Å². The van der Waals surface area contributed by atoms with Gasteiger partial charge >= 0.3 is 6.36 Å². The second-order valence-corrected chi connectivity index (χ2v) is 7.45. The first-order valence-corrected chi connectivity index (χ1v) is 8.83. The van der Waals surface area contributed by atoms with Crippen molar-refractivity contribution in [3.8, 4) is 5.75 Å². The number of sulfonamides is 1. The SMILES string of the molecule is NC1Cc2ccccc2N(S(=O)(=O)c2ccccc2OC(F)(F)F)C1. The van der Waals surface area contributed by atoms with Gasteiger partial charge in [0.1, 0.15) is 10.6 Å². The second kappa shape index (κ2) is 6.23. The van der Waals surface area contributed by atoms with Gasteiger partial charge in [-0.15, -0.1) is 13.2 Å². The smallest absolute Gasteiger partial charge is 0.404 e. The molecule has 5 nitrogen and oxygen atoms in total. The van der Waals surface area contributed by atoms with Gasteiger partial charge < -0.3 is 10.5 Å². The van der Waals surface area contributed by atoms with E-state index in [9.17, 15) is 21.6 Å². The highest BCUT2D eigenvalue weighted by atomic mass is 32.2. The number of hydrogen-bond acceptors (Lipinski definition) is 4. The lowest BCUT2D eigenvalue weighted by atomic mass is 10.0. The minimum absolute atomic E-state index is 0.0281. The van der Waals surface area contributed by atoms with Crippen LogP contribution in [0.1, 0.15) is 5.56 Å². The number of hydrogen-bond donors (Lipinski definition) is 1. The Balaban J connectivity index is 2.10. The van der Waals surface area contributed by atoms with Gasteiger partial charge in [-0.1, -0.05) is 30.3 Å². The van der Waals surface area contributed by atoms with E-state index in [-0.39, 0.29) is 6.54 Å². The van der Waals surface area contributed by atoms with Crippen molar-refractivity contribution < 1.29 is 26.3 Å². The number of nitrogens with zero attached hydrogens (tertiary/aromatic N) is 1. The maximum absolute atomic E-state index is 13.0. The van der Waals surface area contributed by atoms with E-state index in [0.29, 0.717) is 12.1 Å². The summed E-state index contributed by atoms with van der Waals surface area (Å²) in [6.07, 6.45) is -4.51. The third-order valence-electron chi connectivity index (χ3n) is 3.79. The summed E-state index contributed by atoms with van der Waals surface area (Å²) in [7, 11) is -4.28. The molecule has 0 bridgehead atoms. The molecular formula is C16H15F3N2O3S. The van der Waals surface area contributed by atoms with E-state index in [1.165, 1.54) is 12.1 Å². The number of rotatable bonds is 3. The normalized spacial score (nSPS) is 17.9. The molecule has 0 spiro atoms. The molecule has 1 unspecified atom stereocenters. The highest BCUT2D eigenvalue weighted by Gasteiger charge is 2.37. The highest BCUT2D eigenvalue weighted by Crippen LogP contribution is 2.36. The van der Waals surface area contributed by atoms with E-state index in [1.807, 2.05) is 0 Å². The number of nitrogens with two attached hydrogens (primary N) is 1. The Morgan fingerprint density at radius 3 is 2.44 bits per heavy atom. The van der Waals surface area contributed by atoms with Crippen molar-refractivity contribution >= 4 is 15.7 Å². The Bertz CT molecular complexity index is 884. The molecule has 1 aliphatic rings. The van der Waals surface area contributed by atoms with E-state index >= 15 is 0 Å². The fourth-order valence-corrected chi connectivity index (χ4v) is 4.48. The van der Waals surface area contributed by atoms with Crippen LogP contribution in [0.15, 0.2) is 53.4 Å². The lowest BCUT2D eigenvalue weighted by molar-refractivity contribution is -0.275. The van der Waals surface area contributed by atoms with Gasteiger partial charge in [-0.2, -0.15) is 0 Å². The molecule has 2 N–H and O–H groups in total. The molecule has 0 amide bonds. The average Bonchev–Trinajstić information content (AvgIpc) is 2.52. The maximum Gasteiger partial charge on any atom is 0.573 e. The molecule has 0 aromatic heterocycles. The van der Waals surface area contributed by atoms with E-state index in [2.05, 4.69) is 4.74 Å². The fraction of sp³-hybridized carbons (Fsp3) is 0.250. The van der Waals surface area contributed by atoms with Gasteiger partial charge in [-0.05, 0) is 30.2 Å². The van der Waals surface area contributed by atoms with Crippen molar-refractivity contribution in [2.75, 3.05) is 10.8 Å². The Morgan fingerprint density at radius 1 is 1.08 bits per heavy atom. The van der Waals surface area contributed by atoms with Crippen LogP contribution in [0.25, 0.3) is 0 Å². The monoisotopic (exact) mass is 372 g/mol. The zero-order valence-electron chi connectivity index (χ0n) is 12.9. The van der Waals surface area contributed by atoms with Gasteiger partial charge in [0.25, 0.3) is 10.0 Å². The Labute approximate surface area is 142 Å². The Morgan fingerprint density at radius 2 is 1.72 bits per heavy atom. The molecule has 3 rings (SSSR count). The zero-order chi connectivity index (χ0) is 18.2.